The van der Waals surface area contributed by atoms with E-state index in [0.717, 1.165) is 19.4 Å². The first-order valence-corrected chi connectivity index (χ1v) is 6.28. The fraction of sp³-hybridized carbons (Fsp3) is 0.923. The number of carbonyl (C=O) groups is 1. The molecule has 0 atom stereocenters. The van der Waals surface area contributed by atoms with E-state index in [1.165, 1.54) is 0 Å². The summed E-state index contributed by atoms with van der Waals surface area (Å²) in [6, 6.07) is 0. The number of nitrogens with one attached hydrogen (secondary N) is 1. The van der Waals surface area contributed by atoms with Gasteiger partial charge in [0.05, 0.1) is 5.60 Å². The van der Waals surface area contributed by atoms with Crippen molar-refractivity contribution in [3.05, 3.63) is 0 Å². The molecule has 0 rings (SSSR count). The van der Waals surface area contributed by atoms with E-state index in [1.54, 1.807) is 0 Å². The van der Waals surface area contributed by atoms with E-state index in [4.69, 9.17) is 4.74 Å². The minimum atomic E-state index is -0.138. The highest BCUT2D eigenvalue weighted by Crippen LogP contribution is 2.13. The van der Waals surface area contributed by atoms with Gasteiger partial charge < -0.3 is 10.1 Å². The highest BCUT2D eigenvalue weighted by Gasteiger charge is 2.17. The van der Waals surface area contributed by atoms with Crippen LogP contribution in [0.2, 0.25) is 0 Å². The average Bonchev–Trinajstić information content (AvgIpc) is 2.13. The largest absolute Gasteiger partial charge is 0.376 e. The number of rotatable bonds is 8. The normalized spacial score (nSPS) is 11.9. The zero-order valence-corrected chi connectivity index (χ0v) is 11.4. The van der Waals surface area contributed by atoms with Crippen LogP contribution in [-0.4, -0.2) is 24.7 Å². The van der Waals surface area contributed by atoms with Gasteiger partial charge in [0.2, 0.25) is 5.91 Å². The SMILES string of the molecule is CCCOC(C)(C)CCNC(=O)CC(C)C. The van der Waals surface area contributed by atoms with E-state index in [2.05, 4.69) is 26.1 Å². The molecule has 0 spiro atoms. The number of amides is 1. The minimum Gasteiger partial charge on any atom is -0.376 e. The molecule has 0 aromatic heterocycles. The molecule has 0 radical (unpaired) electrons. The fourth-order valence-corrected chi connectivity index (χ4v) is 1.40. The second-order valence-electron chi connectivity index (χ2n) is 5.31. The van der Waals surface area contributed by atoms with E-state index >= 15 is 0 Å². The maximum Gasteiger partial charge on any atom is 0.220 e. The van der Waals surface area contributed by atoms with Gasteiger partial charge in [-0.15, -0.1) is 0 Å². The minimum absolute atomic E-state index is 0.138. The fourth-order valence-electron chi connectivity index (χ4n) is 1.40. The molecule has 0 aliphatic rings. The van der Waals surface area contributed by atoms with Crippen molar-refractivity contribution in [1.29, 1.82) is 0 Å². The highest BCUT2D eigenvalue weighted by molar-refractivity contribution is 5.75. The quantitative estimate of drug-likeness (QED) is 0.695. The van der Waals surface area contributed by atoms with Gasteiger partial charge in [0.15, 0.2) is 0 Å². The Kier molecular flexibility index (Phi) is 7.39. The summed E-state index contributed by atoms with van der Waals surface area (Å²) in [6.45, 7) is 11.8. The third kappa shape index (κ3) is 8.72. The molecule has 96 valence electrons. The van der Waals surface area contributed by atoms with Crippen molar-refractivity contribution < 1.29 is 9.53 Å². The molecule has 0 bridgehead atoms. The van der Waals surface area contributed by atoms with Crippen molar-refractivity contribution in [2.75, 3.05) is 13.2 Å². The molecule has 3 heteroatoms. The number of carbonyl (C=O) groups excluding carboxylic acids is 1. The molecular formula is C13H27NO2. The second kappa shape index (κ2) is 7.66. The topological polar surface area (TPSA) is 38.3 Å². The molecule has 0 saturated carbocycles. The predicted octanol–water partition coefficient (Wildman–Crippen LogP) is 2.74. The van der Waals surface area contributed by atoms with E-state index < -0.39 is 0 Å². The van der Waals surface area contributed by atoms with E-state index in [0.29, 0.717) is 18.9 Å². The Bertz CT molecular complexity index is 200. The lowest BCUT2D eigenvalue weighted by molar-refractivity contribution is -0.122. The van der Waals surface area contributed by atoms with Crippen molar-refractivity contribution in [2.45, 2.75) is 59.5 Å². The molecule has 0 heterocycles. The maximum absolute atomic E-state index is 11.4. The summed E-state index contributed by atoms with van der Waals surface area (Å²) in [6.07, 6.45) is 2.50. The molecule has 0 saturated heterocycles. The Morgan fingerprint density at radius 3 is 2.50 bits per heavy atom. The molecule has 0 unspecified atom stereocenters. The second-order valence-corrected chi connectivity index (χ2v) is 5.31. The summed E-state index contributed by atoms with van der Waals surface area (Å²) in [4.78, 5) is 11.4. The van der Waals surface area contributed by atoms with Crippen LogP contribution in [0.15, 0.2) is 0 Å². The Hall–Kier alpha value is -0.570. The van der Waals surface area contributed by atoms with Gasteiger partial charge in [-0.1, -0.05) is 20.8 Å². The van der Waals surface area contributed by atoms with Crippen molar-refractivity contribution in [3.8, 4) is 0 Å². The first-order chi connectivity index (χ1) is 7.37. The van der Waals surface area contributed by atoms with Gasteiger partial charge >= 0.3 is 0 Å². The number of hydrogen-bond donors (Lipinski definition) is 1. The molecule has 0 aromatic rings. The predicted molar refractivity (Wildman–Crippen MR) is 67.4 cm³/mol. The molecule has 0 aliphatic carbocycles. The average molecular weight is 229 g/mol. The number of ether oxygens (including phenoxy) is 1. The van der Waals surface area contributed by atoms with Crippen LogP contribution in [0.1, 0.15) is 53.9 Å². The molecule has 3 nitrogen and oxygen atoms in total. The monoisotopic (exact) mass is 229 g/mol. The first kappa shape index (κ1) is 15.4. The maximum atomic E-state index is 11.4. The zero-order chi connectivity index (χ0) is 12.6. The van der Waals surface area contributed by atoms with Crippen LogP contribution in [0.5, 0.6) is 0 Å². The molecular weight excluding hydrogens is 202 g/mol. The molecule has 0 aliphatic heterocycles. The summed E-state index contributed by atoms with van der Waals surface area (Å²) in [5.74, 6) is 0.561. The summed E-state index contributed by atoms with van der Waals surface area (Å²) < 4.78 is 5.69. The summed E-state index contributed by atoms with van der Waals surface area (Å²) in [5, 5.41) is 2.93. The molecule has 0 fully saturated rings. The van der Waals surface area contributed by atoms with Gasteiger partial charge in [-0.05, 0) is 32.6 Å². The lowest BCUT2D eigenvalue weighted by atomic mass is 10.0. The Morgan fingerprint density at radius 1 is 1.38 bits per heavy atom. The summed E-state index contributed by atoms with van der Waals surface area (Å²) in [7, 11) is 0. The van der Waals surface area contributed by atoms with Crippen LogP contribution >= 0.6 is 0 Å². The Morgan fingerprint density at radius 2 is 2.00 bits per heavy atom. The van der Waals surface area contributed by atoms with Crippen LogP contribution in [0.3, 0.4) is 0 Å². The molecule has 1 N–H and O–H groups in total. The van der Waals surface area contributed by atoms with Gasteiger partial charge in [-0.25, -0.2) is 0 Å². The van der Waals surface area contributed by atoms with E-state index in [1.807, 2.05) is 13.8 Å². The van der Waals surface area contributed by atoms with Crippen LogP contribution < -0.4 is 5.32 Å². The smallest absolute Gasteiger partial charge is 0.220 e. The van der Waals surface area contributed by atoms with Gasteiger partial charge in [0.25, 0.3) is 0 Å². The lowest BCUT2D eigenvalue weighted by Gasteiger charge is -2.25. The van der Waals surface area contributed by atoms with Crippen molar-refractivity contribution >= 4 is 5.91 Å². The standard InChI is InChI=1S/C13H27NO2/c1-6-9-16-13(4,5)7-8-14-12(15)10-11(2)3/h11H,6-10H2,1-5H3,(H,14,15). The zero-order valence-electron chi connectivity index (χ0n) is 11.4. The van der Waals surface area contributed by atoms with Crippen molar-refractivity contribution in [1.82, 2.24) is 5.32 Å². The van der Waals surface area contributed by atoms with Crippen LogP contribution in [0, 0.1) is 5.92 Å². The van der Waals surface area contributed by atoms with Gasteiger partial charge in [0.1, 0.15) is 0 Å². The van der Waals surface area contributed by atoms with Crippen molar-refractivity contribution in [2.24, 2.45) is 5.92 Å². The summed E-state index contributed by atoms with van der Waals surface area (Å²) >= 11 is 0. The van der Waals surface area contributed by atoms with E-state index in [9.17, 15) is 4.79 Å². The van der Waals surface area contributed by atoms with Crippen LogP contribution in [0.25, 0.3) is 0 Å². The van der Waals surface area contributed by atoms with Crippen LogP contribution in [0.4, 0.5) is 0 Å². The third-order valence-electron chi connectivity index (χ3n) is 2.34. The summed E-state index contributed by atoms with van der Waals surface area (Å²) in [5.41, 5.74) is -0.138. The van der Waals surface area contributed by atoms with E-state index in [-0.39, 0.29) is 11.5 Å². The first-order valence-electron chi connectivity index (χ1n) is 6.28. The van der Waals surface area contributed by atoms with Crippen LogP contribution in [-0.2, 0) is 9.53 Å². The molecule has 0 aromatic carbocycles. The Labute approximate surface area is 99.9 Å². The van der Waals surface area contributed by atoms with Gasteiger partial charge in [0, 0.05) is 19.6 Å². The molecule has 16 heavy (non-hydrogen) atoms. The highest BCUT2D eigenvalue weighted by atomic mass is 16.5. The van der Waals surface area contributed by atoms with Gasteiger partial charge in [-0.2, -0.15) is 0 Å². The third-order valence-corrected chi connectivity index (χ3v) is 2.34. The molecule has 1 amide bonds. The Balaban J connectivity index is 3.67. The van der Waals surface area contributed by atoms with Crippen molar-refractivity contribution in [3.63, 3.8) is 0 Å². The van der Waals surface area contributed by atoms with Gasteiger partial charge in [-0.3, -0.25) is 4.79 Å². The lowest BCUT2D eigenvalue weighted by Crippen LogP contribution is -2.33. The number of hydrogen-bond acceptors (Lipinski definition) is 2.